The summed E-state index contributed by atoms with van der Waals surface area (Å²) in [5.41, 5.74) is 0. The molecule has 6 atom stereocenters. The Labute approximate surface area is 650 Å². The summed E-state index contributed by atoms with van der Waals surface area (Å²) in [5, 5.41) is 10.7. The number of hydrogen-bond acceptors (Lipinski definition) is 15. The van der Waals surface area contributed by atoms with Gasteiger partial charge < -0.3 is 33.8 Å². The fraction of sp³-hybridized carbons (Fsp3) is 0.908. The van der Waals surface area contributed by atoms with E-state index in [4.69, 9.17) is 37.0 Å². The van der Waals surface area contributed by atoms with Gasteiger partial charge in [0.1, 0.15) is 19.3 Å². The number of allylic oxidation sites excluding steroid dienone is 4. The molecule has 0 radical (unpaired) electrons. The molecule has 0 spiro atoms. The minimum atomic E-state index is -4.97. The Kier molecular flexibility index (Phi) is 74.7. The Morgan fingerprint density at radius 3 is 0.840 bits per heavy atom. The average Bonchev–Trinajstić information content (AvgIpc) is 0.915. The summed E-state index contributed by atoms with van der Waals surface area (Å²) in [6, 6.07) is 0. The maximum Gasteiger partial charge on any atom is 0.472 e. The second-order valence-corrected chi connectivity index (χ2v) is 34.7. The zero-order valence-corrected chi connectivity index (χ0v) is 71.2. The molecule has 19 heteroatoms. The molecule has 0 aromatic rings. The smallest absolute Gasteiger partial charge is 0.462 e. The van der Waals surface area contributed by atoms with Crippen LogP contribution in [-0.4, -0.2) is 96.7 Å². The molecule has 3 unspecified atom stereocenters. The lowest BCUT2D eigenvalue weighted by molar-refractivity contribution is -0.161. The molecule has 0 saturated carbocycles. The van der Waals surface area contributed by atoms with Crippen molar-refractivity contribution in [1.82, 2.24) is 0 Å². The number of esters is 4. The van der Waals surface area contributed by atoms with Gasteiger partial charge in [-0.25, -0.2) is 9.13 Å². The second-order valence-electron chi connectivity index (χ2n) is 31.8. The molecule has 3 N–H and O–H groups in total. The minimum Gasteiger partial charge on any atom is -0.462 e. The summed E-state index contributed by atoms with van der Waals surface area (Å²) < 4.78 is 68.9. The zero-order valence-electron chi connectivity index (χ0n) is 69.4. The molecule has 17 nitrogen and oxygen atoms in total. The number of rotatable bonds is 83. The molecule has 0 fully saturated rings. The number of carbonyl (C=O) groups excluding carboxylic acids is 4. The SMILES string of the molecule is CCCCCC/C=C\C=C/CCCCCCCC(=O)O[C@H](COC(=O)CCCCCCCCCCC(C)CC)COP(=O)(O)OC[C@H](O)COP(=O)(O)OC[C@@H](COC(=O)CCCCCCCCCCCCCCCCCC(C)C)OC(=O)CCCCCCCCCCCCCCCCCCCCC(C)C. The van der Waals surface area contributed by atoms with Gasteiger partial charge in [-0.15, -0.1) is 0 Å². The van der Waals surface area contributed by atoms with Gasteiger partial charge in [0, 0.05) is 25.7 Å². The molecular weight excluding hydrogens is 1380 g/mol. The van der Waals surface area contributed by atoms with Gasteiger partial charge >= 0.3 is 39.5 Å². The van der Waals surface area contributed by atoms with Crippen molar-refractivity contribution >= 4 is 39.5 Å². The van der Waals surface area contributed by atoms with Gasteiger partial charge in [0.15, 0.2) is 12.2 Å². The number of phosphoric ester groups is 2. The highest BCUT2D eigenvalue weighted by Crippen LogP contribution is 2.45. The van der Waals surface area contributed by atoms with E-state index in [9.17, 15) is 43.2 Å². The van der Waals surface area contributed by atoms with E-state index in [2.05, 4.69) is 72.8 Å². The predicted octanol–water partition coefficient (Wildman–Crippen LogP) is 26.0. The third kappa shape index (κ3) is 78.2. The summed E-state index contributed by atoms with van der Waals surface area (Å²) in [4.78, 5) is 73.2. The first-order valence-corrected chi connectivity index (χ1v) is 47.2. The van der Waals surface area contributed by atoms with Gasteiger partial charge in [-0.3, -0.25) is 37.3 Å². The summed E-state index contributed by atoms with van der Waals surface area (Å²) >= 11 is 0. The van der Waals surface area contributed by atoms with E-state index >= 15 is 0 Å². The first-order chi connectivity index (χ1) is 51.3. The van der Waals surface area contributed by atoms with Crippen LogP contribution in [0.15, 0.2) is 24.3 Å². The third-order valence-electron chi connectivity index (χ3n) is 20.1. The molecule has 626 valence electrons. The summed E-state index contributed by atoms with van der Waals surface area (Å²) in [6.07, 6.45) is 70.2. The van der Waals surface area contributed by atoms with Crippen LogP contribution in [0.4, 0.5) is 0 Å². The second kappa shape index (κ2) is 76.5. The Hall–Kier alpha value is -2.46. The number of aliphatic hydroxyl groups excluding tert-OH is 1. The van der Waals surface area contributed by atoms with Crippen LogP contribution < -0.4 is 0 Å². The molecule has 0 aliphatic heterocycles. The maximum atomic E-state index is 13.2. The number of carbonyl (C=O) groups is 4. The van der Waals surface area contributed by atoms with Crippen molar-refractivity contribution < 1.29 is 80.2 Å². The highest BCUT2D eigenvalue weighted by Gasteiger charge is 2.30. The molecule has 0 rings (SSSR count). The van der Waals surface area contributed by atoms with Gasteiger partial charge in [-0.1, -0.05) is 381 Å². The highest BCUT2D eigenvalue weighted by molar-refractivity contribution is 7.47. The van der Waals surface area contributed by atoms with Crippen molar-refractivity contribution in [1.29, 1.82) is 0 Å². The Balaban J connectivity index is 5.28. The normalized spacial score (nSPS) is 14.3. The fourth-order valence-corrected chi connectivity index (χ4v) is 14.6. The van der Waals surface area contributed by atoms with E-state index in [1.807, 2.05) is 0 Å². The topological polar surface area (TPSA) is 237 Å². The Morgan fingerprint density at radius 1 is 0.311 bits per heavy atom. The first-order valence-electron chi connectivity index (χ1n) is 44.2. The maximum absolute atomic E-state index is 13.2. The molecule has 0 aromatic carbocycles. The lowest BCUT2D eigenvalue weighted by Crippen LogP contribution is -2.30. The number of ether oxygens (including phenoxy) is 4. The molecule has 0 aliphatic carbocycles. The van der Waals surface area contributed by atoms with Crippen LogP contribution in [0.3, 0.4) is 0 Å². The van der Waals surface area contributed by atoms with E-state index in [0.717, 1.165) is 120 Å². The highest BCUT2D eigenvalue weighted by atomic mass is 31.2. The van der Waals surface area contributed by atoms with Crippen molar-refractivity contribution in [2.24, 2.45) is 17.8 Å². The summed E-state index contributed by atoms with van der Waals surface area (Å²) in [5.74, 6) is 0.265. The number of aliphatic hydroxyl groups is 1. The number of phosphoric acid groups is 2. The van der Waals surface area contributed by atoms with Crippen molar-refractivity contribution in [2.45, 2.75) is 452 Å². The van der Waals surface area contributed by atoms with Gasteiger partial charge in [-0.05, 0) is 69.1 Å². The lowest BCUT2D eigenvalue weighted by atomic mass is 9.99. The van der Waals surface area contributed by atoms with E-state index in [-0.39, 0.29) is 25.7 Å². The minimum absolute atomic E-state index is 0.0847. The number of hydrogen-bond donors (Lipinski definition) is 3. The van der Waals surface area contributed by atoms with Crippen LogP contribution in [0, 0.1) is 17.8 Å². The van der Waals surface area contributed by atoms with E-state index < -0.39 is 97.5 Å². The van der Waals surface area contributed by atoms with Gasteiger partial charge in [0.25, 0.3) is 0 Å². The van der Waals surface area contributed by atoms with Crippen molar-refractivity contribution in [3.8, 4) is 0 Å². The van der Waals surface area contributed by atoms with Crippen LogP contribution in [0.5, 0.6) is 0 Å². The molecule has 0 aliphatic rings. The Bertz CT molecular complexity index is 2140. The standard InChI is InChI=1S/C87H166O17P2/c1-8-10-11-12-13-14-15-16-22-30-35-40-49-56-63-70-87(92)104-83(75-98-85(90)69-62-55-48-43-42-46-53-60-67-80(7)9-2)77-102-106(95,96)100-73-81(88)72-99-105(93,94)101-76-82(74-97-84(89)68-61-54-47-39-34-29-26-21-24-28-33-38-45-52-59-66-79(5)6)103-86(91)71-64-57-50-41-36-31-25-20-18-17-19-23-27-32-37-44-51-58-65-78(3)4/h14-16,22,78-83,88H,8-13,17-21,23-77H2,1-7H3,(H,93,94)(H,95,96)/b15-14-,22-16-/t80?,81-,82-,83-/m1/s1. The van der Waals surface area contributed by atoms with Crippen molar-refractivity contribution in [3.63, 3.8) is 0 Å². The van der Waals surface area contributed by atoms with Crippen LogP contribution in [-0.2, 0) is 65.4 Å². The van der Waals surface area contributed by atoms with E-state index in [1.165, 1.54) is 231 Å². The summed E-state index contributed by atoms with van der Waals surface area (Å²) in [6.45, 7) is 12.0. The van der Waals surface area contributed by atoms with Crippen molar-refractivity contribution in [2.75, 3.05) is 39.6 Å². The summed E-state index contributed by atoms with van der Waals surface area (Å²) in [7, 11) is -9.94. The monoisotopic (exact) mass is 1550 g/mol. The van der Waals surface area contributed by atoms with Gasteiger partial charge in [0.05, 0.1) is 26.4 Å². The third-order valence-corrected chi connectivity index (χ3v) is 22.0. The molecule has 0 amide bonds. The molecule has 106 heavy (non-hydrogen) atoms. The quantitative estimate of drug-likeness (QED) is 0.0169. The first kappa shape index (κ1) is 104. The van der Waals surface area contributed by atoms with Crippen LogP contribution in [0.25, 0.3) is 0 Å². The zero-order chi connectivity index (χ0) is 77.9. The van der Waals surface area contributed by atoms with Crippen molar-refractivity contribution in [3.05, 3.63) is 24.3 Å². The Morgan fingerprint density at radius 2 is 0.557 bits per heavy atom. The van der Waals surface area contributed by atoms with Crippen LogP contribution in [0.1, 0.15) is 434 Å². The average molecular weight is 1550 g/mol. The van der Waals surface area contributed by atoms with Crippen LogP contribution >= 0.6 is 15.6 Å². The van der Waals surface area contributed by atoms with E-state index in [1.54, 1.807) is 0 Å². The lowest BCUT2D eigenvalue weighted by Gasteiger charge is -2.21. The fourth-order valence-electron chi connectivity index (χ4n) is 13.0. The molecular formula is C87H166O17P2. The molecule has 0 aromatic heterocycles. The van der Waals surface area contributed by atoms with Crippen LogP contribution in [0.2, 0.25) is 0 Å². The molecule has 0 saturated heterocycles. The predicted molar refractivity (Wildman–Crippen MR) is 437 cm³/mol. The van der Waals surface area contributed by atoms with Gasteiger partial charge in [0.2, 0.25) is 0 Å². The number of unbranched alkanes of at least 4 members (excludes halogenated alkanes) is 47. The largest absolute Gasteiger partial charge is 0.472 e. The van der Waals surface area contributed by atoms with Gasteiger partial charge in [-0.2, -0.15) is 0 Å². The molecule has 0 heterocycles. The molecule has 0 bridgehead atoms. The van der Waals surface area contributed by atoms with E-state index in [0.29, 0.717) is 25.7 Å².